The van der Waals surface area contributed by atoms with Crippen LogP contribution in [0.4, 0.5) is 0 Å². The normalized spacial score (nSPS) is 26.8. The molecule has 2 fully saturated rings. The zero-order valence-electron chi connectivity index (χ0n) is 17.7. The Bertz CT molecular complexity index is 755. The highest BCUT2D eigenvalue weighted by atomic mass is 16.2. The minimum absolute atomic E-state index is 0.00608. The van der Waals surface area contributed by atoms with Gasteiger partial charge in [-0.15, -0.1) is 0 Å². The molecule has 7 heteroatoms. The molecule has 3 amide bonds. The molecule has 1 heterocycles. The average molecular weight is 401 g/mol. The molecule has 0 radical (unpaired) electrons. The van der Waals surface area contributed by atoms with Crippen molar-refractivity contribution in [2.45, 2.75) is 37.6 Å². The van der Waals surface area contributed by atoms with Crippen LogP contribution in [0.5, 0.6) is 0 Å². The highest BCUT2D eigenvalue weighted by Gasteiger charge is 2.50. The molecule has 29 heavy (non-hydrogen) atoms. The summed E-state index contributed by atoms with van der Waals surface area (Å²) in [6, 6.07) is 10.6. The van der Waals surface area contributed by atoms with E-state index in [1.165, 1.54) is 12.6 Å². The van der Waals surface area contributed by atoms with Gasteiger partial charge in [0.15, 0.2) is 0 Å². The Morgan fingerprint density at radius 3 is 2.31 bits per heavy atom. The van der Waals surface area contributed by atoms with E-state index in [0.29, 0.717) is 13.0 Å². The molecule has 7 nitrogen and oxygen atoms in total. The first kappa shape index (κ1) is 21.3. The first-order valence-electron chi connectivity index (χ1n) is 10.3. The van der Waals surface area contributed by atoms with Gasteiger partial charge in [0.05, 0.1) is 13.1 Å². The molecule has 3 rings (SSSR count). The number of nitrogens with zero attached hydrogens (tertiary/aromatic N) is 2. The number of carbonyl (C=O) groups excluding carboxylic acids is 3. The molecule has 0 unspecified atom stereocenters. The van der Waals surface area contributed by atoms with Gasteiger partial charge in [0.25, 0.3) is 0 Å². The molecule has 1 saturated carbocycles. The lowest BCUT2D eigenvalue weighted by molar-refractivity contribution is -0.133. The molecule has 1 aliphatic carbocycles. The van der Waals surface area contributed by atoms with Crippen LogP contribution in [0.25, 0.3) is 0 Å². The lowest BCUT2D eigenvalue weighted by Crippen LogP contribution is -2.47. The van der Waals surface area contributed by atoms with Crippen LogP contribution in [0.1, 0.15) is 37.7 Å². The summed E-state index contributed by atoms with van der Waals surface area (Å²) in [5, 5.41) is 5.03. The Morgan fingerprint density at radius 1 is 1.07 bits per heavy atom. The van der Waals surface area contributed by atoms with Crippen LogP contribution in [0, 0.1) is 5.41 Å². The summed E-state index contributed by atoms with van der Waals surface area (Å²) in [6.07, 6.45) is 4.42. The van der Waals surface area contributed by atoms with Gasteiger partial charge >= 0.3 is 0 Å². The standard InChI is InChI=1S/C22H32N4O3/c1-23-18(27)14-24-19(28)15-26-16-21(13-20(26)29)9-11-22(12-10-21,25(2)3)17-7-5-4-6-8-17/h4-8H,9-16H2,1-3H3,(H,23,27)(H,24,28)/t21-,22-. The minimum Gasteiger partial charge on any atom is -0.358 e. The topological polar surface area (TPSA) is 81.8 Å². The summed E-state index contributed by atoms with van der Waals surface area (Å²) in [5.41, 5.74) is 1.27. The number of likely N-dealkylation sites (tertiary alicyclic amines) is 1. The number of likely N-dealkylation sites (N-methyl/N-ethyl adjacent to an activating group) is 1. The van der Waals surface area contributed by atoms with Crippen LogP contribution >= 0.6 is 0 Å². The fourth-order valence-corrected chi connectivity index (χ4v) is 4.89. The molecule has 158 valence electrons. The Morgan fingerprint density at radius 2 is 1.72 bits per heavy atom. The average Bonchev–Trinajstić information content (AvgIpc) is 3.02. The van der Waals surface area contributed by atoms with Crippen LogP contribution in [0.15, 0.2) is 30.3 Å². The van der Waals surface area contributed by atoms with E-state index in [-0.39, 0.29) is 41.8 Å². The van der Waals surface area contributed by atoms with Gasteiger partial charge in [0.1, 0.15) is 0 Å². The molecule has 1 spiro atoms. The monoisotopic (exact) mass is 400 g/mol. The number of rotatable bonds is 6. The molecule has 0 aromatic heterocycles. The third kappa shape index (κ3) is 4.45. The highest BCUT2D eigenvalue weighted by Crippen LogP contribution is 2.51. The van der Waals surface area contributed by atoms with E-state index in [9.17, 15) is 14.4 Å². The molecular formula is C22H32N4O3. The van der Waals surface area contributed by atoms with E-state index in [2.05, 4.69) is 53.9 Å². The van der Waals surface area contributed by atoms with Gasteiger partial charge in [0.2, 0.25) is 17.7 Å². The van der Waals surface area contributed by atoms with Crippen molar-refractivity contribution in [1.82, 2.24) is 20.4 Å². The molecule has 1 aromatic carbocycles. The van der Waals surface area contributed by atoms with E-state index < -0.39 is 0 Å². The van der Waals surface area contributed by atoms with Gasteiger partial charge in [-0.1, -0.05) is 30.3 Å². The maximum atomic E-state index is 12.6. The van der Waals surface area contributed by atoms with Crippen molar-refractivity contribution in [3.8, 4) is 0 Å². The lowest BCUT2D eigenvalue weighted by Gasteiger charge is -2.48. The Hall–Kier alpha value is -2.41. The summed E-state index contributed by atoms with van der Waals surface area (Å²) >= 11 is 0. The molecule has 1 aromatic rings. The number of benzene rings is 1. The third-order valence-electron chi connectivity index (χ3n) is 6.77. The highest BCUT2D eigenvalue weighted by molar-refractivity contribution is 5.89. The van der Waals surface area contributed by atoms with Crippen molar-refractivity contribution < 1.29 is 14.4 Å². The number of amides is 3. The quantitative estimate of drug-likeness (QED) is 0.749. The second-order valence-corrected chi connectivity index (χ2v) is 8.67. The third-order valence-corrected chi connectivity index (χ3v) is 6.77. The predicted octanol–water partition coefficient (Wildman–Crippen LogP) is 1.10. The largest absolute Gasteiger partial charge is 0.358 e. The molecular weight excluding hydrogens is 368 g/mol. The Balaban J connectivity index is 1.63. The van der Waals surface area contributed by atoms with Gasteiger partial charge in [0, 0.05) is 25.6 Å². The van der Waals surface area contributed by atoms with E-state index in [1.807, 2.05) is 6.07 Å². The first-order chi connectivity index (χ1) is 13.8. The fraction of sp³-hybridized carbons (Fsp3) is 0.591. The molecule has 2 aliphatic rings. The second kappa shape index (κ2) is 8.53. The maximum absolute atomic E-state index is 12.6. The molecule has 0 bridgehead atoms. The zero-order chi connectivity index (χ0) is 21.1. The van der Waals surface area contributed by atoms with Crippen LogP contribution in [0.3, 0.4) is 0 Å². The minimum atomic E-state index is -0.290. The van der Waals surface area contributed by atoms with Gasteiger partial charge in [-0.05, 0) is 50.8 Å². The first-order valence-corrected chi connectivity index (χ1v) is 10.3. The van der Waals surface area contributed by atoms with Gasteiger partial charge < -0.3 is 15.5 Å². The van der Waals surface area contributed by atoms with Crippen molar-refractivity contribution in [3.63, 3.8) is 0 Å². The van der Waals surface area contributed by atoms with E-state index in [4.69, 9.17) is 0 Å². The summed E-state index contributed by atoms with van der Waals surface area (Å²) < 4.78 is 0. The van der Waals surface area contributed by atoms with Crippen molar-refractivity contribution in [3.05, 3.63) is 35.9 Å². The zero-order valence-corrected chi connectivity index (χ0v) is 17.7. The molecule has 1 aliphatic heterocycles. The number of nitrogens with one attached hydrogen (secondary N) is 2. The lowest BCUT2D eigenvalue weighted by atomic mass is 9.64. The summed E-state index contributed by atoms with van der Waals surface area (Å²) in [5.74, 6) is -0.505. The second-order valence-electron chi connectivity index (χ2n) is 8.67. The number of hydrogen-bond acceptors (Lipinski definition) is 4. The maximum Gasteiger partial charge on any atom is 0.240 e. The number of hydrogen-bond donors (Lipinski definition) is 2. The van der Waals surface area contributed by atoms with E-state index in [0.717, 1.165) is 25.7 Å². The molecule has 0 atom stereocenters. The molecule has 1 saturated heterocycles. The van der Waals surface area contributed by atoms with Crippen LogP contribution < -0.4 is 10.6 Å². The van der Waals surface area contributed by atoms with Crippen LogP contribution in [-0.2, 0) is 19.9 Å². The number of carbonyl (C=O) groups is 3. The van der Waals surface area contributed by atoms with Crippen LogP contribution in [-0.4, -0.2) is 68.3 Å². The van der Waals surface area contributed by atoms with Crippen LogP contribution in [0.2, 0.25) is 0 Å². The van der Waals surface area contributed by atoms with Gasteiger partial charge in [-0.3, -0.25) is 19.3 Å². The Kier molecular flexibility index (Phi) is 6.27. The predicted molar refractivity (Wildman–Crippen MR) is 111 cm³/mol. The van der Waals surface area contributed by atoms with Gasteiger partial charge in [-0.2, -0.15) is 0 Å². The summed E-state index contributed by atoms with van der Waals surface area (Å²) in [6.45, 7) is 0.581. The molecule has 2 N–H and O–H groups in total. The fourth-order valence-electron chi connectivity index (χ4n) is 4.89. The van der Waals surface area contributed by atoms with Crippen molar-refractivity contribution >= 4 is 17.7 Å². The van der Waals surface area contributed by atoms with Crippen molar-refractivity contribution in [2.75, 3.05) is 40.8 Å². The van der Waals surface area contributed by atoms with Crippen molar-refractivity contribution in [1.29, 1.82) is 0 Å². The van der Waals surface area contributed by atoms with Gasteiger partial charge in [-0.25, -0.2) is 0 Å². The Labute approximate surface area is 172 Å². The summed E-state index contributed by atoms with van der Waals surface area (Å²) in [7, 11) is 5.79. The smallest absolute Gasteiger partial charge is 0.240 e. The van der Waals surface area contributed by atoms with Crippen molar-refractivity contribution in [2.24, 2.45) is 5.41 Å². The SMILES string of the molecule is CNC(=O)CNC(=O)CN1C[C@]2(CC[C@](c3ccccc3)(N(C)C)CC2)CC1=O. The van der Waals surface area contributed by atoms with E-state index in [1.54, 1.807) is 4.90 Å². The van der Waals surface area contributed by atoms with E-state index >= 15 is 0 Å². The summed E-state index contributed by atoms with van der Waals surface area (Å²) in [4.78, 5) is 40.0.